The van der Waals surface area contributed by atoms with Crippen molar-refractivity contribution in [2.75, 3.05) is 6.61 Å². The summed E-state index contributed by atoms with van der Waals surface area (Å²) in [5, 5.41) is 25.4. The SMILES string of the molecule is CCO.OC1CCC(O)CC1. The molecule has 1 aliphatic rings. The lowest BCUT2D eigenvalue weighted by molar-refractivity contribution is 0.0541. The van der Waals surface area contributed by atoms with Crippen molar-refractivity contribution in [2.45, 2.75) is 44.8 Å². The van der Waals surface area contributed by atoms with E-state index in [1.54, 1.807) is 6.92 Å². The molecule has 68 valence electrons. The van der Waals surface area contributed by atoms with Gasteiger partial charge in [0.2, 0.25) is 0 Å². The topological polar surface area (TPSA) is 60.7 Å². The molecule has 0 aromatic heterocycles. The monoisotopic (exact) mass is 162 g/mol. The minimum atomic E-state index is -0.140. The van der Waals surface area contributed by atoms with Crippen LogP contribution < -0.4 is 0 Å². The number of hydrogen-bond acceptors (Lipinski definition) is 3. The Hall–Kier alpha value is -0.120. The number of hydrogen-bond donors (Lipinski definition) is 3. The molecule has 0 aromatic rings. The molecule has 1 aliphatic carbocycles. The molecule has 0 amide bonds. The average Bonchev–Trinajstić information content (AvgIpc) is 1.97. The summed E-state index contributed by atoms with van der Waals surface area (Å²) in [6.45, 7) is 1.93. The van der Waals surface area contributed by atoms with Crippen LogP contribution >= 0.6 is 0 Å². The van der Waals surface area contributed by atoms with E-state index in [1.165, 1.54) is 0 Å². The van der Waals surface area contributed by atoms with Crippen LogP contribution in [-0.2, 0) is 0 Å². The number of aliphatic hydroxyl groups is 3. The van der Waals surface area contributed by atoms with Gasteiger partial charge in [-0.2, -0.15) is 0 Å². The lowest BCUT2D eigenvalue weighted by Gasteiger charge is -2.20. The molecule has 0 saturated heterocycles. The van der Waals surface area contributed by atoms with E-state index in [-0.39, 0.29) is 18.8 Å². The molecule has 0 aliphatic heterocycles. The first-order valence-corrected chi connectivity index (χ1v) is 4.17. The first-order chi connectivity index (χ1) is 5.20. The molecule has 0 heterocycles. The van der Waals surface area contributed by atoms with Gasteiger partial charge < -0.3 is 15.3 Å². The van der Waals surface area contributed by atoms with Crippen LogP contribution in [-0.4, -0.2) is 34.1 Å². The second-order valence-electron chi connectivity index (χ2n) is 2.78. The predicted octanol–water partition coefficient (Wildman–Crippen LogP) is 0.281. The van der Waals surface area contributed by atoms with E-state index in [9.17, 15) is 0 Å². The van der Waals surface area contributed by atoms with Crippen molar-refractivity contribution in [3.63, 3.8) is 0 Å². The summed E-state index contributed by atoms with van der Waals surface area (Å²) in [5.74, 6) is 0. The lowest BCUT2D eigenvalue weighted by Crippen LogP contribution is -2.21. The molecule has 0 atom stereocenters. The molecule has 11 heavy (non-hydrogen) atoms. The zero-order chi connectivity index (χ0) is 8.69. The van der Waals surface area contributed by atoms with Crippen LogP contribution in [0.15, 0.2) is 0 Å². The highest BCUT2D eigenvalue weighted by Crippen LogP contribution is 2.17. The number of aliphatic hydroxyl groups excluding tert-OH is 3. The van der Waals surface area contributed by atoms with Crippen LogP contribution in [0.5, 0.6) is 0 Å². The van der Waals surface area contributed by atoms with Gasteiger partial charge in [0.05, 0.1) is 12.2 Å². The standard InChI is InChI=1S/C6H12O2.C2H6O/c7-5-1-2-6(8)4-3-5;1-2-3/h5-8H,1-4H2;3H,2H2,1H3. The fraction of sp³-hybridized carbons (Fsp3) is 1.00. The fourth-order valence-electron chi connectivity index (χ4n) is 1.06. The number of rotatable bonds is 0. The Labute approximate surface area is 67.7 Å². The van der Waals surface area contributed by atoms with Crippen molar-refractivity contribution in [3.05, 3.63) is 0 Å². The maximum atomic E-state index is 8.92. The molecule has 0 unspecified atom stereocenters. The summed E-state index contributed by atoms with van der Waals surface area (Å²) < 4.78 is 0. The Morgan fingerprint density at radius 3 is 1.36 bits per heavy atom. The van der Waals surface area contributed by atoms with Gasteiger partial charge in [0.25, 0.3) is 0 Å². The first-order valence-electron chi connectivity index (χ1n) is 4.17. The second-order valence-corrected chi connectivity index (χ2v) is 2.78. The fourth-order valence-corrected chi connectivity index (χ4v) is 1.06. The molecule has 3 nitrogen and oxygen atoms in total. The summed E-state index contributed by atoms with van der Waals surface area (Å²) in [5.41, 5.74) is 0. The van der Waals surface area contributed by atoms with Gasteiger partial charge >= 0.3 is 0 Å². The Balaban J connectivity index is 0.000000292. The van der Waals surface area contributed by atoms with Crippen molar-refractivity contribution in [1.82, 2.24) is 0 Å². The Kier molecular flexibility index (Phi) is 6.51. The summed E-state index contributed by atoms with van der Waals surface area (Å²) in [7, 11) is 0. The molecule has 1 fully saturated rings. The molecular weight excluding hydrogens is 144 g/mol. The molecular formula is C8H18O3. The van der Waals surface area contributed by atoms with Gasteiger partial charge in [-0.05, 0) is 32.6 Å². The van der Waals surface area contributed by atoms with E-state index in [0.717, 1.165) is 25.7 Å². The Morgan fingerprint density at radius 1 is 1.00 bits per heavy atom. The quantitative estimate of drug-likeness (QED) is 0.479. The summed E-state index contributed by atoms with van der Waals surface area (Å²) >= 11 is 0. The van der Waals surface area contributed by atoms with Crippen LogP contribution in [0.1, 0.15) is 32.6 Å². The summed E-state index contributed by atoms with van der Waals surface area (Å²) in [6, 6.07) is 0. The van der Waals surface area contributed by atoms with Gasteiger partial charge in [0, 0.05) is 6.61 Å². The van der Waals surface area contributed by atoms with Crippen molar-refractivity contribution >= 4 is 0 Å². The van der Waals surface area contributed by atoms with E-state index in [1.807, 2.05) is 0 Å². The van der Waals surface area contributed by atoms with Crippen LogP contribution in [0.4, 0.5) is 0 Å². The maximum Gasteiger partial charge on any atom is 0.0542 e. The van der Waals surface area contributed by atoms with E-state index >= 15 is 0 Å². The van der Waals surface area contributed by atoms with E-state index < -0.39 is 0 Å². The molecule has 1 rings (SSSR count). The van der Waals surface area contributed by atoms with E-state index in [0.29, 0.717) is 0 Å². The van der Waals surface area contributed by atoms with Crippen LogP contribution in [0, 0.1) is 0 Å². The van der Waals surface area contributed by atoms with Gasteiger partial charge in [-0.1, -0.05) is 0 Å². The largest absolute Gasteiger partial charge is 0.397 e. The third-order valence-corrected chi connectivity index (χ3v) is 1.67. The molecule has 3 N–H and O–H groups in total. The molecule has 3 heteroatoms. The highest BCUT2D eigenvalue weighted by Gasteiger charge is 2.15. The Morgan fingerprint density at radius 2 is 1.18 bits per heavy atom. The normalized spacial score (nSPS) is 30.5. The van der Waals surface area contributed by atoms with Crippen molar-refractivity contribution < 1.29 is 15.3 Å². The maximum absolute atomic E-state index is 8.92. The van der Waals surface area contributed by atoms with Crippen LogP contribution in [0.2, 0.25) is 0 Å². The second kappa shape index (κ2) is 6.58. The van der Waals surface area contributed by atoms with Gasteiger partial charge in [0.15, 0.2) is 0 Å². The third kappa shape index (κ3) is 6.28. The van der Waals surface area contributed by atoms with Gasteiger partial charge in [-0.3, -0.25) is 0 Å². The van der Waals surface area contributed by atoms with Crippen LogP contribution in [0.25, 0.3) is 0 Å². The van der Waals surface area contributed by atoms with Gasteiger partial charge in [-0.15, -0.1) is 0 Å². The van der Waals surface area contributed by atoms with Crippen LogP contribution in [0.3, 0.4) is 0 Å². The smallest absolute Gasteiger partial charge is 0.0542 e. The zero-order valence-corrected chi connectivity index (χ0v) is 7.03. The molecule has 0 radical (unpaired) electrons. The van der Waals surface area contributed by atoms with Crippen molar-refractivity contribution in [1.29, 1.82) is 0 Å². The van der Waals surface area contributed by atoms with E-state index in [4.69, 9.17) is 15.3 Å². The highest BCUT2D eigenvalue weighted by molar-refractivity contribution is 4.69. The lowest BCUT2D eigenvalue weighted by atomic mass is 9.95. The van der Waals surface area contributed by atoms with E-state index in [2.05, 4.69) is 0 Å². The molecule has 1 saturated carbocycles. The summed E-state index contributed by atoms with van der Waals surface area (Å²) in [6.07, 6.45) is 2.83. The van der Waals surface area contributed by atoms with Gasteiger partial charge in [0.1, 0.15) is 0 Å². The predicted molar refractivity (Wildman–Crippen MR) is 43.2 cm³/mol. The average molecular weight is 162 g/mol. The van der Waals surface area contributed by atoms with Crippen molar-refractivity contribution in [2.24, 2.45) is 0 Å². The highest BCUT2D eigenvalue weighted by atomic mass is 16.3. The molecule has 0 aromatic carbocycles. The first kappa shape index (κ1) is 10.9. The minimum absolute atomic E-state index is 0.140. The summed E-state index contributed by atoms with van der Waals surface area (Å²) in [4.78, 5) is 0. The molecule has 0 spiro atoms. The Bertz CT molecular complexity index is 67.4. The third-order valence-electron chi connectivity index (χ3n) is 1.67. The molecule has 0 bridgehead atoms. The van der Waals surface area contributed by atoms with Crippen molar-refractivity contribution in [3.8, 4) is 0 Å². The minimum Gasteiger partial charge on any atom is -0.397 e. The zero-order valence-electron chi connectivity index (χ0n) is 7.03. The van der Waals surface area contributed by atoms with Gasteiger partial charge in [-0.25, -0.2) is 0 Å².